The van der Waals surface area contributed by atoms with Crippen molar-refractivity contribution < 1.29 is 14.3 Å². The quantitative estimate of drug-likeness (QED) is 0.771. The molecule has 0 N–H and O–H groups in total. The summed E-state index contributed by atoms with van der Waals surface area (Å²) < 4.78 is 4.63. The van der Waals surface area contributed by atoms with Crippen molar-refractivity contribution in [3.8, 4) is 0 Å². The number of carbonyl (C=O) groups is 2. The summed E-state index contributed by atoms with van der Waals surface area (Å²) in [4.78, 5) is 22.7. The Morgan fingerprint density at radius 2 is 1.94 bits per heavy atom. The van der Waals surface area contributed by atoms with Crippen LogP contribution in [0.4, 0.5) is 0 Å². The van der Waals surface area contributed by atoms with Crippen LogP contribution in [0.3, 0.4) is 0 Å². The third kappa shape index (κ3) is 2.79. The molecule has 1 atom stereocenters. The lowest BCUT2D eigenvalue weighted by molar-refractivity contribution is -0.115. The fraction of sp³-hybridized carbons (Fsp3) is 0.286. The largest absolute Gasteiger partial charge is 0.465 e. The van der Waals surface area contributed by atoms with E-state index in [1.165, 1.54) is 13.2 Å². The number of carbonyl (C=O) groups excluding carboxylic acids is 2. The Balaban J connectivity index is 2.18. The zero-order valence-corrected chi connectivity index (χ0v) is 10.7. The molecule has 94 valence electrons. The molecule has 3 nitrogen and oxygen atoms in total. The highest BCUT2D eigenvalue weighted by atomic mass is 35.5. The Morgan fingerprint density at radius 3 is 2.50 bits per heavy atom. The van der Waals surface area contributed by atoms with E-state index in [0.29, 0.717) is 23.4 Å². The van der Waals surface area contributed by atoms with Gasteiger partial charge in [0.2, 0.25) is 0 Å². The molecule has 0 amide bonds. The van der Waals surface area contributed by atoms with Gasteiger partial charge in [0, 0.05) is 11.5 Å². The fourth-order valence-corrected chi connectivity index (χ4v) is 2.40. The van der Waals surface area contributed by atoms with E-state index in [1.54, 1.807) is 12.1 Å². The number of hydrogen-bond acceptors (Lipinski definition) is 3. The van der Waals surface area contributed by atoms with Gasteiger partial charge in [-0.05, 0) is 36.1 Å². The second-order valence-corrected chi connectivity index (χ2v) is 4.76. The molecule has 0 saturated carbocycles. The van der Waals surface area contributed by atoms with E-state index in [-0.39, 0.29) is 17.7 Å². The predicted octanol–water partition coefficient (Wildman–Crippen LogP) is 3.04. The van der Waals surface area contributed by atoms with E-state index in [9.17, 15) is 9.59 Å². The van der Waals surface area contributed by atoms with E-state index in [4.69, 9.17) is 11.6 Å². The minimum absolute atomic E-state index is 0.0493. The molecule has 0 aromatic heterocycles. The number of ether oxygens (including phenoxy) is 1. The number of rotatable bonds is 2. The molecule has 0 bridgehead atoms. The lowest BCUT2D eigenvalue weighted by atomic mass is 9.87. The standard InChI is InChI=1S/C14H13ClO3/c1-18-14(17)10-4-2-9(3-5-10)11-6-12(15)8-13(16)7-11/h2-5,8,11H,6-7H2,1H3. The normalized spacial score (nSPS) is 19.3. The summed E-state index contributed by atoms with van der Waals surface area (Å²) in [6.07, 6.45) is 2.62. The summed E-state index contributed by atoms with van der Waals surface area (Å²) in [6, 6.07) is 7.11. The highest BCUT2D eigenvalue weighted by molar-refractivity contribution is 6.31. The van der Waals surface area contributed by atoms with Gasteiger partial charge in [-0.25, -0.2) is 4.79 Å². The van der Waals surface area contributed by atoms with Crippen molar-refractivity contribution in [1.82, 2.24) is 0 Å². The molecule has 0 spiro atoms. The number of esters is 1. The van der Waals surface area contributed by atoms with Gasteiger partial charge in [-0.15, -0.1) is 0 Å². The van der Waals surface area contributed by atoms with E-state index in [1.807, 2.05) is 12.1 Å². The first-order valence-electron chi connectivity index (χ1n) is 5.67. The first kappa shape index (κ1) is 12.8. The van der Waals surface area contributed by atoms with Gasteiger partial charge in [0.15, 0.2) is 5.78 Å². The molecule has 1 aromatic carbocycles. The monoisotopic (exact) mass is 264 g/mol. The molecule has 1 unspecified atom stereocenters. The van der Waals surface area contributed by atoms with Gasteiger partial charge >= 0.3 is 5.97 Å². The maximum Gasteiger partial charge on any atom is 0.337 e. The number of halogens is 1. The van der Waals surface area contributed by atoms with E-state index >= 15 is 0 Å². The van der Waals surface area contributed by atoms with Crippen molar-refractivity contribution in [3.05, 3.63) is 46.5 Å². The fourth-order valence-electron chi connectivity index (χ4n) is 2.09. The minimum Gasteiger partial charge on any atom is -0.465 e. The summed E-state index contributed by atoms with van der Waals surface area (Å²) in [6.45, 7) is 0. The van der Waals surface area contributed by atoms with Gasteiger partial charge in [-0.2, -0.15) is 0 Å². The minimum atomic E-state index is -0.362. The second-order valence-electron chi connectivity index (χ2n) is 4.28. The highest BCUT2D eigenvalue weighted by Gasteiger charge is 2.21. The maximum atomic E-state index is 11.4. The van der Waals surface area contributed by atoms with Crippen LogP contribution >= 0.6 is 11.6 Å². The summed E-state index contributed by atoms with van der Waals surface area (Å²) in [5.41, 5.74) is 1.52. The van der Waals surface area contributed by atoms with Crippen LogP contribution in [-0.4, -0.2) is 18.9 Å². The summed E-state index contributed by atoms with van der Waals surface area (Å²) in [7, 11) is 1.35. The van der Waals surface area contributed by atoms with Crippen LogP contribution in [0.1, 0.15) is 34.7 Å². The van der Waals surface area contributed by atoms with Gasteiger partial charge < -0.3 is 4.74 Å². The summed E-state index contributed by atoms with van der Waals surface area (Å²) in [5.74, 6) is -0.214. The molecule has 1 aliphatic carbocycles. The maximum absolute atomic E-state index is 11.4. The van der Waals surface area contributed by atoms with Crippen molar-refractivity contribution in [1.29, 1.82) is 0 Å². The van der Waals surface area contributed by atoms with Crippen LogP contribution in [-0.2, 0) is 9.53 Å². The molecule has 18 heavy (non-hydrogen) atoms. The summed E-state index contributed by atoms with van der Waals surface area (Å²) in [5, 5.41) is 0.591. The van der Waals surface area contributed by atoms with Crippen LogP contribution in [0, 0.1) is 0 Å². The van der Waals surface area contributed by atoms with Gasteiger partial charge in [0.1, 0.15) is 0 Å². The average Bonchev–Trinajstić information content (AvgIpc) is 2.37. The van der Waals surface area contributed by atoms with Gasteiger partial charge in [-0.1, -0.05) is 23.7 Å². The first-order chi connectivity index (χ1) is 8.60. The highest BCUT2D eigenvalue weighted by Crippen LogP contribution is 2.32. The molecule has 1 aromatic rings. The molecule has 0 heterocycles. The molecule has 0 saturated heterocycles. The number of methoxy groups -OCH3 is 1. The lowest BCUT2D eigenvalue weighted by Gasteiger charge is -2.19. The van der Waals surface area contributed by atoms with Crippen molar-refractivity contribution in [2.75, 3.05) is 7.11 Å². The molecular weight excluding hydrogens is 252 g/mol. The molecular formula is C14H13ClO3. The van der Waals surface area contributed by atoms with E-state index < -0.39 is 0 Å². The Labute approximate surface area is 110 Å². The predicted molar refractivity (Wildman–Crippen MR) is 68.7 cm³/mol. The molecule has 4 heteroatoms. The smallest absolute Gasteiger partial charge is 0.337 e. The number of allylic oxidation sites excluding steroid dienone is 2. The average molecular weight is 265 g/mol. The molecule has 1 aliphatic rings. The Kier molecular flexibility index (Phi) is 3.82. The van der Waals surface area contributed by atoms with Gasteiger partial charge in [-0.3, -0.25) is 4.79 Å². The summed E-state index contributed by atoms with van der Waals surface area (Å²) >= 11 is 5.93. The Bertz CT molecular complexity index is 502. The molecule has 0 radical (unpaired) electrons. The second kappa shape index (κ2) is 5.36. The molecule has 0 aliphatic heterocycles. The zero-order valence-electron chi connectivity index (χ0n) is 9.98. The van der Waals surface area contributed by atoms with Crippen LogP contribution in [0.2, 0.25) is 0 Å². The number of hydrogen-bond donors (Lipinski definition) is 0. The SMILES string of the molecule is COC(=O)c1ccc(C2CC(=O)C=C(Cl)C2)cc1. The van der Waals surface area contributed by atoms with Crippen molar-refractivity contribution in [2.45, 2.75) is 18.8 Å². The van der Waals surface area contributed by atoms with Crippen molar-refractivity contribution in [3.63, 3.8) is 0 Å². The van der Waals surface area contributed by atoms with E-state index in [2.05, 4.69) is 4.74 Å². The van der Waals surface area contributed by atoms with E-state index in [0.717, 1.165) is 5.56 Å². The number of ketones is 1. The molecule has 2 rings (SSSR count). The van der Waals surface area contributed by atoms with Crippen molar-refractivity contribution >= 4 is 23.4 Å². The zero-order chi connectivity index (χ0) is 13.1. The molecule has 0 fully saturated rings. The van der Waals surface area contributed by atoms with Crippen LogP contribution < -0.4 is 0 Å². The van der Waals surface area contributed by atoms with Gasteiger partial charge in [0.25, 0.3) is 0 Å². The Hall–Kier alpha value is -1.61. The third-order valence-corrected chi connectivity index (χ3v) is 3.27. The Morgan fingerprint density at radius 1 is 1.28 bits per heavy atom. The first-order valence-corrected chi connectivity index (χ1v) is 6.05. The van der Waals surface area contributed by atoms with Crippen LogP contribution in [0.15, 0.2) is 35.4 Å². The van der Waals surface area contributed by atoms with Crippen LogP contribution in [0.5, 0.6) is 0 Å². The van der Waals surface area contributed by atoms with Crippen molar-refractivity contribution in [2.24, 2.45) is 0 Å². The lowest BCUT2D eigenvalue weighted by Crippen LogP contribution is -2.11. The van der Waals surface area contributed by atoms with Gasteiger partial charge in [0.05, 0.1) is 12.7 Å². The topological polar surface area (TPSA) is 43.4 Å². The van der Waals surface area contributed by atoms with Crippen LogP contribution in [0.25, 0.3) is 0 Å². The third-order valence-electron chi connectivity index (χ3n) is 3.01. The number of benzene rings is 1.